The molecule has 0 radical (unpaired) electrons. The standard InChI is InChI=1S/C12H16N4O/c1-10(17)14-8-12(9-15-16-13)7-11-5-3-2-4-6-11/h2-6,12H,7-9H2,1H3,(H,14,17). The Balaban J connectivity index is 2.56. The molecule has 0 bridgehead atoms. The molecule has 0 heterocycles. The molecule has 0 aliphatic rings. The number of hydrogen-bond acceptors (Lipinski definition) is 2. The third-order valence-corrected chi connectivity index (χ3v) is 2.41. The van der Waals surface area contributed by atoms with Crippen LogP contribution < -0.4 is 5.32 Å². The maximum Gasteiger partial charge on any atom is 0.216 e. The number of amides is 1. The van der Waals surface area contributed by atoms with Crippen LogP contribution in [0.15, 0.2) is 35.4 Å². The van der Waals surface area contributed by atoms with Crippen LogP contribution in [-0.2, 0) is 11.2 Å². The molecule has 17 heavy (non-hydrogen) atoms. The van der Waals surface area contributed by atoms with Gasteiger partial charge in [-0.3, -0.25) is 4.79 Å². The molecule has 5 heteroatoms. The zero-order valence-corrected chi connectivity index (χ0v) is 9.84. The molecule has 1 rings (SSSR count). The van der Waals surface area contributed by atoms with Crippen molar-refractivity contribution in [2.24, 2.45) is 11.0 Å². The van der Waals surface area contributed by atoms with E-state index in [0.29, 0.717) is 13.1 Å². The number of nitrogens with zero attached hydrogens (tertiary/aromatic N) is 3. The maximum atomic E-state index is 10.9. The quantitative estimate of drug-likeness (QED) is 0.456. The number of hydrogen-bond donors (Lipinski definition) is 1. The van der Waals surface area contributed by atoms with Crippen molar-refractivity contribution in [2.75, 3.05) is 13.1 Å². The summed E-state index contributed by atoms with van der Waals surface area (Å²) >= 11 is 0. The Bertz CT molecular complexity index is 398. The van der Waals surface area contributed by atoms with E-state index in [1.165, 1.54) is 12.5 Å². The molecular weight excluding hydrogens is 216 g/mol. The van der Waals surface area contributed by atoms with Crippen molar-refractivity contribution >= 4 is 5.91 Å². The average molecular weight is 232 g/mol. The van der Waals surface area contributed by atoms with Gasteiger partial charge in [0.2, 0.25) is 5.91 Å². The van der Waals surface area contributed by atoms with E-state index in [1.807, 2.05) is 30.3 Å². The van der Waals surface area contributed by atoms with Crippen molar-refractivity contribution in [1.29, 1.82) is 0 Å². The minimum atomic E-state index is -0.0657. The largest absolute Gasteiger partial charge is 0.356 e. The molecule has 1 unspecified atom stereocenters. The van der Waals surface area contributed by atoms with Crippen LogP contribution in [0.4, 0.5) is 0 Å². The van der Waals surface area contributed by atoms with Gasteiger partial charge in [0.05, 0.1) is 0 Å². The molecule has 0 spiro atoms. The predicted octanol–water partition coefficient (Wildman–Crippen LogP) is 2.29. The monoisotopic (exact) mass is 232 g/mol. The second-order valence-electron chi connectivity index (χ2n) is 3.91. The van der Waals surface area contributed by atoms with E-state index < -0.39 is 0 Å². The SMILES string of the molecule is CC(=O)NCC(CN=[N+]=[N-])Cc1ccccc1. The van der Waals surface area contributed by atoms with Gasteiger partial charge in [0.1, 0.15) is 0 Å². The lowest BCUT2D eigenvalue weighted by Crippen LogP contribution is -2.29. The highest BCUT2D eigenvalue weighted by Gasteiger charge is 2.09. The lowest BCUT2D eigenvalue weighted by atomic mass is 9.99. The summed E-state index contributed by atoms with van der Waals surface area (Å²) in [4.78, 5) is 13.6. The van der Waals surface area contributed by atoms with E-state index >= 15 is 0 Å². The number of nitrogens with one attached hydrogen (secondary N) is 1. The highest BCUT2D eigenvalue weighted by atomic mass is 16.1. The number of rotatable bonds is 6. The van der Waals surface area contributed by atoms with Crippen LogP contribution >= 0.6 is 0 Å². The molecule has 1 aromatic rings. The maximum absolute atomic E-state index is 10.9. The summed E-state index contributed by atoms with van der Waals surface area (Å²) in [5.74, 6) is 0.0706. The van der Waals surface area contributed by atoms with Gasteiger partial charge in [-0.15, -0.1) is 0 Å². The van der Waals surface area contributed by atoms with Gasteiger partial charge in [0.15, 0.2) is 0 Å². The lowest BCUT2D eigenvalue weighted by Gasteiger charge is -2.14. The van der Waals surface area contributed by atoms with Crippen LogP contribution in [0.1, 0.15) is 12.5 Å². The number of carbonyl (C=O) groups excluding carboxylic acids is 1. The molecular formula is C12H16N4O. The van der Waals surface area contributed by atoms with Gasteiger partial charge in [0.25, 0.3) is 0 Å². The van der Waals surface area contributed by atoms with E-state index in [-0.39, 0.29) is 11.8 Å². The number of carbonyl (C=O) groups is 1. The summed E-state index contributed by atoms with van der Waals surface area (Å²) in [5, 5.41) is 6.33. The van der Waals surface area contributed by atoms with E-state index in [4.69, 9.17) is 5.53 Å². The van der Waals surface area contributed by atoms with Crippen LogP contribution in [0.2, 0.25) is 0 Å². The van der Waals surface area contributed by atoms with Gasteiger partial charge >= 0.3 is 0 Å². The second kappa shape index (κ2) is 7.30. The average Bonchev–Trinajstić information content (AvgIpc) is 2.34. The first-order valence-corrected chi connectivity index (χ1v) is 5.51. The predicted molar refractivity (Wildman–Crippen MR) is 66.3 cm³/mol. The second-order valence-corrected chi connectivity index (χ2v) is 3.91. The van der Waals surface area contributed by atoms with Crippen LogP contribution in [0.5, 0.6) is 0 Å². The van der Waals surface area contributed by atoms with E-state index in [2.05, 4.69) is 15.3 Å². The summed E-state index contributed by atoms with van der Waals surface area (Å²) in [6.45, 7) is 2.40. The molecule has 1 aromatic carbocycles. The molecule has 5 nitrogen and oxygen atoms in total. The molecule has 1 amide bonds. The zero-order chi connectivity index (χ0) is 12.5. The van der Waals surface area contributed by atoms with Crippen molar-refractivity contribution in [3.05, 3.63) is 46.3 Å². The molecule has 1 N–H and O–H groups in total. The van der Waals surface area contributed by atoms with Gasteiger partial charge in [-0.1, -0.05) is 35.4 Å². The molecule has 90 valence electrons. The van der Waals surface area contributed by atoms with Gasteiger partial charge in [0, 0.05) is 24.9 Å². The summed E-state index contributed by atoms with van der Waals surface area (Å²) < 4.78 is 0. The Morgan fingerprint density at radius 3 is 2.76 bits per heavy atom. The number of azide groups is 1. The van der Waals surface area contributed by atoms with Crippen molar-refractivity contribution in [3.8, 4) is 0 Å². The first-order valence-electron chi connectivity index (χ1n) is 5.51. The van der Waals surface area contributed by atoms with E-state index in [0.717, 1.165) is 6.42 Å². The highest BCUT2D eigenvalue weighted by Crippen LogP contribution is 2.08. The van der Waals surface area contributed by atoms with Crippen LogP contribution in [0, 0.1) is 5.92 Å². The first kappa shape index (κ1) is 13.1. The van der Waals surface area contributed by atoms with Gasteiger partial charge < -0.3 is 5.32 Å². The van der Waals surface area contributed by atoms with Crippen molar-refractivity contribution in [2.45, 2.75) is 13.3 Å². The summed E-state index contributed by atoms with van der Waals surface area (Å²) in [6, 6.07) is 9.95. The van der Waals surface area contributed by atoms with Crippen molar-refractivity contribution in [3.63, 3.8) is 0 Å². The number of benzene rings is 1. The summed E-state index contributed by atoms with van der Waals surface area (Å²) in [7, 11) is 0. The summed E-state index contributed by atoms with van der Waals surface area (Å²) in [6.07, 6.45) is 0.792. The van der Waals surface area contributed by atoms with E-state index in [1.54, 1.807) is 0 Å². The van der Waals surface area contributed by atoms with Crippen LogP contribution in [0.25, 0.3) is 10.4 Å². The smallest absolute Gasteiger partial charge is 0.216 e. The Labute approximate surface area is 100 Å². The van der Waals surface area contributed by atoms with Crippen molar-refractivity contribution in [1.82, 2.24) is 5.32 Å². The molecule has 0 saturated carbocycles. The van der Waals surface area contributed by atoms with Gasteiger partial charge in [-0.25, -0.2) is 0 Å². The minimum absolute atomic E-state index is 0.0657. The zero-order valence-electron chi connectivity index (χ0n) is 9.84. The molecule has 0 aliphatic carbocycles. The highest BCUT2D eigenvalue weighted by molar-refractivity contribution is 5.72. The minimum Gasteiger partial charge on any atom is -0.356 e. The Morgan fingerprint density at radius 2 is 2.18 bits per heavy atom. The van der Waals surface area contributed by atoms with Crippen molar-refractivity contribution < 1.29 is 4.79 Å². The normalized spacial score (nSPS) is 11.4. The Morgan fingerprint density at radius 1 is 1.47 bits per heavy atom. The third-order valence-electron chi connectivity index (χ3n) is 2.41. The fourth-order valence-corrected chi connectivity index (χ4v) is 1.59. The Kier molecular flexibility index (Phi) is 5.61. The fourth-order valence-electron chi connectivity index (χ4n) is 1.59. The van der Waals surface area contributed by atoms with Crippen LogP contribution in [0.3, 0.4) is 0 Å². The topological polar surface area (TPSA) is 77.9 Å². The van der Waals surface area contributed by atoms with Gasteiger partial charge in [-0.05, 0) is 23.4 Å². The van der Waals surface area contributed by atoms with E-state index in [9.17, 15) is 4.79 Å². The molecule has 1 atom stereocenters. The summed E-state index contributed by atoms with van der Waals surface area (Å²) in [5.41, 5.74) is 9.51. The Hall–Kier alpha value is -2.00. The molecule has 0 aromatic heterocycles. The molecule has 0 aliphatic heterocycles. The molecule has 0 saturated heterocycles. The lowest BCUT2D eigenvalue weighted by molar-refractivity contribution is -0.119. The molecule has 0 fully saturated rings. The first-order chi connectivity index (χ1) is 8.22. The van der Waals surface area contributed by atoms with Crippen LogP contribution in [-0.4, -0.2) is 19.0 Å². The van der Waals surface area contributed by atoms with Gasteiger partial charge in [-0.2, -0.15) is 0 Å². The fraction of sp³-hybridized carbons (Fsp3) is 0.417. The third kappa shape index (κ3) is 5.58.